The van der Waals surface area contributed by atoms with E-state index in [1.165, 1.54) is 0 Å². The smallest absolute Gasteiger partial charge is 0.0127 e. The zero-order valence-corrected chi connectivity index (χ0v) is 7.88. The van der Waals surface area contributed by atoms with Crippen LogP contribution in [0.2, 0.25) is 0 Å². The lowest BCUT2D eigenvalue weighted by Crippen LogP contribution is -1.91. The molecule has 0 nitrogen and oxygen atoms in total. The summed E-state index contributed by atoms with van der Waals surface area (Å²) in [6.07, 6.45) is 0. The van der Waals surface area contributed by atoms with Crippen LogP contribution in [0.15, 0.2) is 30.3 Å². The SMILES string of the molecule is C[C@@H]1[C@H](C)P1c1ccccc1. The Balaban J connectivity index is 2.20. The second-order valence-electron chi connectivity index (χ2n) is 3.22. The van der Waals surface area contributed by atoms with Crippen molar-refractivity contribution in [3.63, 3.8) is 0 Å². The molecule has 0 amide bonds. The van der Waals surface area contributed by atoms with Gasteiger partial charge in [-0.2, -0.15) is 0 Å². The average Bonchev–Trinajstić information content (AvgIpc) is 2.62. The first kappa shape index (κ1) is 7.31. The summed E-state index contributed by atoms with van der Waals surface area (Å²) in [6.45, 7) is 4.73. The Hall–Kier alpha value is -0.350. The lowest BCUT2D eigenvalue weighted by atomic mass is 10.4. The predicted molar refractivity (Wildman–Crippen MR) is 51.9 cm³/mol. The highest BCUT2D eigenvalue weighted by molar-refractivity contribution is 7.74. The van der Waals surface area contributed by atoms with Crippen LogP contribution in [-0.2, 0) is 0 Å². The van der Waals surface area contributed by atoms with Crippen LogP contribution < -0.4 is 5.30 Å². The van der Waals surface area contributed by atoms with Crippen LogP contribution in [0.3, 0.4) is 0 Å². The highest BCUT2D eigenvalue weighted by Gasteiger charge is 2.42. The van der Waals surface area contributed by atoms with Crippen molar-refractivity contribution >= 4 is 13.2 Å². The van der Waals surface area contributed by atoms with Crippen molar-refractivity contribution < 1.29 is 0 Å². The maximum absolute atomic E-state index is 2.36. The highest BCUT2D eigenvalue weighted by Crippen LogP contribution is 2.64. The molecule has 1 aromatic rings. The van der Waals surface area contributed by atoms with Gasteiger partial charge in [0, 0.05) is 0 Å². The summed E-state index contributed by atoms with van der Waals surface area (Å²) in [6, 6.07) is 10.9. The number of hydrogen-bond acceptors (Lipinski definition) is 0. The molecular weight excluding hydrogens is 151 g/mol. The van der Waals surface area contributed by atoms with Crippen molar-refractivity contribution in [3.05, 3.63) is 30.3 Å². The fourth-order valence-electron chi connectivity index (χ4n) is 1.57. The molecule has 1 aliphatic heterocycles. The van der Waals surface area contributed by atoms with E-state index in [4.69, 9.17) is 0 Å². The monoisotopic (exact) mass is 164 g/mol. The van der Waals surface area contributed by atoms with Gasteiger partial charge in [-0.15, -0.1) is 0 Å². The average molecular weight is 164 g/mol. The van der Waals surface area contributed by atoms with Crippen molar-refractivity contribution in [1.82, 2.24) is 0 Å². The van der Waals surface area contributed by atoms with Crippen LogP contribution >= 0.6 is 7.92 Å². The molecule has 1 unspecified atom stereocenters. The second-order valence-corrected chi connectivity index (χ2v) is 6.18. The Bertz CT molecular complexity index is 234. The molecule has 58 valence electrons. The quantitative estimate of drug-likeness (QED) is 0.559. The summed E-state index contributed by atoms with van der Waals surface area (Å²) in [5, 5.41) is 1.59. The van der Waals surface area contributed by atoms with Crippen molar-refractivity contribution in [2.75, 3.05) is 0 Å². The van der Waals surface area contributed by atoms with Gasteiger partial charge in [0.15, 0.2) is 0 Å². The molecule has 0 aliphatic carbocycles. The standard InChI is InChI=1S/C10H13P/c1-8-9(2)11(8)10-6-4-3-5-7-10/h3-9H,1-2H3/t8-,9+,11?. The van der Waals surface area contributed by atoms with E-state index in [0.717, 1.165) is 11.3 Å². The fraction of sp³-hybridized carbons (Fsp3) is 0.400. The molecule has 3 atom stereocenters. The lowest BCUT2D eigenvalue weighted by molar-refractivity contribution is 1.05. The van der Waals surface area contributed by atoms with Gasteiger partial charge in [-0.05, 0) is 16.6 Å². The van der Waals surface area contributed by atoms with E-state index in [2.05, 4.69) is 44.2 Å². The van der Waals surface area contributed by atoms with Gasteiger partial charge in [0.05, 0.1) is 0 Å². The maximum atomic E-state index is 2.36. The largest absolute Gasteiger partial charge is 0.0682 e. The van der Waals surface area contributed by atoms with Crippen LogP contribution in [-0.4, -0.2) is 11.3 Å². The summed E-state index contributed by atoms with van der Waals surface area (Å²) in [5.74, 6) is 0. The van der Waals surface area contributed by atoms with Gasteiger partial charge in [-0.3, -0.25) is 0 Å². The number of hydrogen-bond donors (Lipinski definition) is 0. The third-order valence-corrected chi connectivity index (χ3v) is 5.74. The molecule has 1 heteroatoms. The molecule has 1 saturated heterocycles. The van der Waals surface area contributed by atoms with Crippen molar-refractivity contribution in [2.45, 2.75) is 25.2 Å². The predicted octanol–water partition coefficient (Wildman–Crippen LogP) is 2.58. The number of benzene rings is 1. The topological polar surface area (TPSA) is 0 Å². The van der Waals surface area contributed by atoms with E-state index in [1.807, 2.05) is 0 Å². The molecule has 0 bridgehead atoms. The zero-order valence-electron chi connectivity index (χ0n) is 6.99. The van der Waals surface area contributed by atoms with Crippen LogP contribution in [0, 0.1) is 0 Å². The molecule has 0 spiro atoms. The van der Waals surface area contributed by atoms with Gasteiger partial charge in [0.25, 0.3) is 0 Å². The first-order valence-electron chi connectivity index (χ1n) is 4.14. The molecule has 1 aliphatic rings. The number of rotatable bonds is 1. The Labute approximate surface area is 69.4 Å². The van der Waals surface area contributed by atoms with E-state index in [9.17, 15) is 0 Å². The van der Waals surface area contributed by atoms with Gasteiger partial charge < -0.3 is 0 Å². The third-order valence-electron chi connectivity index (χ3n) is 2.54. The first-order valence-corrected chi connectivity index (χ1v) is 5.62. The molecule has 0 N–H and O–H groups in total. The maximum Gasteiger partial charge on any atom is -0.0127 e. The van der Waals surface area contributed by atoms with Gasteiger partial charge in [0.1, 0.15) is 0 Å². The minimum Gasteiger partial charge on any atom is -0.0682 e. The van der Waals surface area contributed by atoms with Gasteiger partial charge in [0.2, 0.25) is 0 Å². The van der Waals surface area contributed by atoms with E-state index in [-0.39, 0.29) is 7.92 Å². The Morgan fingerprint density at radius 3 is 2.00 bits per heavy atom. The molecule has 1 fully saturated rings. The summed E-state index contributed by atoms with van der Waals surface area (Å²) in [5.41, 5.74) is 1.93. The van der Waals surface area contributed by atoms with E-state index >= 15 is 0 Å². The normalized spacial score (nSPS) is 35.3. The van der Waals surface area contributed by atoms with Crippen molar-refractivity contribution in [3.8, 4) is 0 Å². The van der Waals surface area contributed by atoms with Crippen molar-refractivity contribution in [1.29, 1.82) is 0 Å². The second kappa shape index (κ2) is 2.60. The molecular formula is C10H13P. The van der Waals surface area contributed by atoms with Crippen LogP contribution in [0.25, 0.3) is 0 Å². The molecule has 0 radical (unpaired) electrons. The van der Waals surface area contributed by atoms with E-state index in [1.54, 1.807) is 5.30 Å². The summed E-state index contributed by atoms with van der Waals surface area (Å²) < 4.78 is 0. The molecule has 1 heterocycles. The van der Waals surface area contributed by atoms with Gasteiger partial charge >= 0.3 is 0 Å². The fourth-order valence-corrected chi connectivity index (χ4v) is 4.24. The Kier molecular flexibility index (Phi) is 1.73. The van der Waals surface area contributed by atoms with Crippen LogP contribution in [0.5, 0.6) is 0 Å². The van der Waals surface area contributed by atoms with E-state index < -0.39 is 0 Å². The molecule has 0 saturated carbocycles. The molecule has 11 heavy (non-hydrogen) atoms. The van der Waals surface area contributed by atoms with Gasteiger partial charge in [-0.1, -0.05) is 52.1 Å². The van der Waals surface area contributed by atoms with Crippen molar-refractivity contribution in [2.24, 2.45) is 0 Å². The minimum absolute atomic E-state index is 0.232. The third kappa shape index (κ3) is 1.20. The van der Waals surface area contributed by atoms with Crippen LogP contribution in [0.4, 0.5) is 0 Å². The zero-order chi connectivity index (χ0) is 7.84. The molecule has 0 aromatic heterocycles. The Morgan fingerprint density at radius 1 is 1.00 bits per heavy atom. The lowest BCUT2D eigenvalue weighted by Gasteiger charge is -1.96. The van der Waals surface area contributed by atoms with E-state index in [0.29, 0.717) is 0 Å². The molecule has 2 rings (SSSR count). The summed E-state index contributed by atoms with van der Waals surface area (Å²) >= 11 is 0. The highest BCUT2D eigenvalue weighted by atomic mass is 31.1. The summed E-state index contributed by atoms with van der Waals surface area (Å²) in [7, 11) is 0.232. The Morgan fingerprint density at radius 2 is 1.55 bits per heavy atom. The summed E-state index contributed by atoms with van der Waals surface area (Å²) in [4.78, 5) is 0. The molecule has 1 aromatic carbocycles. The minimum atomic E-state index is 0.232. The first-order chi connectivity index (χ1) is 5.30. The van der Waals surface area contributed by atoms with Gasteiger partial charge in [-0.25, -0.2) is 0 Å². The van der Waals surface area contributed by atoms with Crippen LogP contribution in [0.1, 0.15) is 13.8 Å².